The second-order valence-electron chi connectivity index (χ2n) is 5.17. The Morgan fingerprint density at radius 1 is 1.09 bits per heavy atom. The van der Waals surface area contributed by atoms with E-state index in [4.69, 9.17) is 9.98 Å². The van der Waals surface area contributed by atoms with Crippen molar-refractivity contribution in [2.24, 2.45) is 4.99 Å². The molecule has 1 aromatic carbocycles. The van der Waals surface area contributed by atoms with Crippen LogP contribution in [0.15, 0.2) is 53.8 Å². The van der Waals surface area contributed by atoms with Crippen LogP contribution in [0.2, 0.25) is 0 Å². The summed E-state index contributed by atoms with van der Waals surface area (Å²) >= 11 is 0. The van der Waals surface area contributed by atoms with Gasteiger partial charge in [0.25, 0.3) is 0 Å². The minimum Gasteiger partial charge on any atom is -0.282 e. The topological polar surface area (TPSA) is 56.0 Å². The summed E-state index contributed by atoms with van der Waals surface area (Å²) in [6.07, 6.45) is 2.62. The molecular formula is C17H15N5. The first-order valence-electron chi connectivity index (χ1n) is 7.36. The molecular weight excluding hydrogens is 274 g/mol. The van der Waals surface area contributed by atoms with Gasteiger partial charge in [-0.05, 0) is 18.6 Å². The van der Waals surface area contributed by atoms with Crippen molar-refractivity contribution in [2.75, 3.05) is 0 Å². The lowest BCUT2D eigenvalue weighted by atomic mass is 10.0. The van der Waals surface area contributed by atoms with Crippen molar-refractivity contribution < 1.29 is 0 Å². The Hall–Kier alpha value is -2.82. The highest BCUT2D eigenvalue weighted by Crippen LogP contribution is 2.23. The second kappa shape index (κ2) is 5.18. The maximum atomic E-state index is 4.82. The molecule has 3 aromatic rings. The first-order chi connectivity index (χ1) is 10.9. The van der Waals surface area contributed by atoms with Crippen LogP contribution in [0.1, 0.15) is 29.7 Å². The van der Waals surface area contributed by atoms with Crippen LogP contribution in [0.3, 0.4) is 0 Å². The highest BCUT2D eigenvalue weighted by Gasteiger charge is 2.21. The number of aliphatic imine (C=N–C) groups is 1. The summed E-state index contributed by atoms with van der Waals surface area (Å²) in [6, 6.07) is 14.3. The molecule has 0 atom stereocenters. The zero-order valence-electron chi connectivity index (χ0n) is 12.3. The predicted molar refractivity (Wildman–Crippen MR) is 84.3 cm³/mol. The number of aryl methyl sites for hydroxylation is 1. The molecule has 0 unspecified atom stereocenters. The normalized spacial score (nSPS) is 13.0. The summed E-state index contributed by atoms with van der Waals surface area (Å²) < 4.78 is 1.97. The lowest BCUT2D eigenvalue weighted by Gasteiger charge is -2.11. The minimum atomic E-state index is 0.502. The first kappa shape index (κ1) is 12.9. The van der Waals surface area contributed by atoms with Crippen molar-refractivity contribution in [3.8, 4) is 5.69 Å². The number of rotatable bonds is 2. The summed E-state index contributed by atoms with van der Waals surface area (Å²) in [5.74, 6) is 0.832. The fourth-order valence-corrected chi connectivity index (χ4v) is 2.67. The molecule has 22 heavy (non-hydrogen) atoms. The first-order valence-corrected chi connectivity index (χ1v) is 7.36. The van der Waals surface area contributed by atoms with E-state index >= 15 is 0 Å². The number of pyridine rings is 1. The number of aromatic nitrogens is 4. The van der Waals surface area contributed by atoms with E-state index in [1.165, 1.54) is 0 Å². The van der Waals surface area contributed by atoms with Crippen molar-refractivity contribution in [3.05, 3.63) is 71.6 Å². The van der Waals surface area contributed by atoms with Crippen molar-refractivity contribution in [1.29, 1.82) is 0 Å². The molecule has 4 rings (SSSR count). The molecule has 0 bridgehead atoms. The maximum absolute atomic E-state index is 4.82. The molecule has 1 aliphatic rings. The molecule has 1 aliphatic heterocycles. The largest absolute Gasteiger partial charge is 0.282 e. The average Bonchev–Trinajstić information content (AvgIpc) is 2.98. The van der Waals surface area contributed by atoms with E-state index < -0.39 is 0 Å². The highest BCUT2D eigenvalue weighted by atomic mass is 15.3. The van der Waals surface area contributed by atoms with Crippen LogP contribution in [0.5, 0.6) is 0 Å². The Labute approximate surface area is 128 Å². The van der Waals surface area contributed by atoms with Gasteiger partial charge in [-0.25, -0.2) is 4.98 Å². The molecule has 0 saturated carbocycles. The van der Waals surface area contributed by atoms with Crippen molar-refractivity contribution in [3.63, 3.8) is 0 Å². The summed E-state index contributed by atoms with van der Waals surface area (Å²) in [5.41, 5.74) is 4.92. The van der Waals surface area contributed by atoms with Gasteiger partial charge in [0.1, 0.15) is 18.6 Å². The fraction of sp³-hybridized carbons (Fsp3) is 0.176. The minimum absolute atomic E-state index is 0.502. The van der Waals surface area contributed by atoms with Gasteiger partial charge in [0, 0.05) is 11.3 Å². The van der Waals surface area contributed by atoms with E-state index in [0.717, 1.165) is 40.6 Å². The van der Waals surface area contributed by atoms with Gasteiger partial charge in [-0.15, -0.1) is 10.2 Å². The zero-order chi connectivity index (χ0) is 14.9. The zero-order valence-corrected chi connectivity index (χ0v) is 12.3. The third-order valence-electron chi connectivity index (χ3n) is 3.82. The van der Waals surface area contributed by atoms with Gasteiger partial charge in [0.05, 0.1) is 11.4 Å². The lowest BCUT2D eigenvalue weighted by Crippen LogP contribution is -2.11. The van der Waals surface area contributed by atoms with E-state index in [1.807, 2.05) is 22.8 Å². The predicted octanol–water partition coefficient (Wildman–Crippen LogP) is 2.58. The van der Waals surface area contributed by atoms with Crippen LogP contribution in [0.25, 0.3) is 5.69 Å². The second-order valence-corrected chi connectivity index (χ2v) is 5.17. The fourth-order valence-electron chi connectivity index (χ4n) is 2.67. The number of fused-ring (bicyclic) bond motifs is 3. The van der Waals surface area contributed by atoms with E-state index in [2.05, 4.69) is 41.4 Å². The van der Waals surface area contributed by atoms with Gasteiger partial charge in [-0.1, -0.05) is 37.3 Å². The van der Waals surface area contributed by atoms with E-state index in [9.17, 15) is 0 Å². The Balaban J connectivity index is 1.98. The molecule has 2 aromatic heterocycles. The van der Waals surface area contributed by atoms with Gasteiger partial charge in [-0.3, -0.25) is 9.56 Å². The van der Waals surface area contributed by atoms with Crippen LogP contribution in [-0.2, 0) is 13.0 Å². The van der Waals surface area contributed by atoms with E-state index in [-0.39, 0.29) is 0 Å². The third kappa shape index (κ3) is 2.02. The number of hydrogen-bond donors (Lipinski definition) is 0. The van der Waals surface area contributed by atoms with Crippen LogP contribution < -0.4 is 0 Å². The molecule has 3 heterocycles. The van der Waals surface area contributed by atoms with Gasteiger partial charge in [0.15, 0.2) is 5.82 Å². The SMILES string of the molecule is CCc1ccc2c(n1)C(c1ccccc1)=NCc1nncn1-2. The third-order valence-corrected chi connectivity index (χ3v) is 3.82. The van der Waals surface area contributed by atoms with Gasteiger partial charge in [-0.2, -0.15) is 0 Å². The van der Waals surface area contributed by atoms with Crippen LogP contribution >= 0.6 is 0 Å². The molecule has 108 valence electrons. The van der Waals surface area contributed by atoms with Crippen LogP contribution in [-0.4, -0.2) is 25.5 Å². The molecule has 0 spiro atoms. The van der Waals surface area contributed by atoms with Crippen LogP contribution in [0.4, 0.5) is 0 Å². The Morgan fingerprint density at radius 2 is 1.95 bits per heavy atom. The Kier molecular flexibility index (Phi) is 3.04. The Bertz CT molecular complexity index is 848. The van der Waals surface area contributed by atoms with Crippen molar-refractivity contribution in [1.82, 2.24) is 19.7 Å². The quantitative estimate of drug-likeness (QED) is 0.728. The number of nitrogens with zero attached hydrogens (tertiary/aromatic N) is 5. The molecule has 5 nitrogen and oxygen atoms in total. The maximum Gasteiger partial charge on any atom is 0.159 e. The smallest absolute Gasteiger partial charge is 0.159 e. The van der Waals surface area contributed by atoms with Crippen LogP contribution in [0, 0.1) is 0 Å². The van der Waals surface area contributed by atoms with Gasteiger partial charge in [0.2, 0.25) is 0 Å². The molecule has 0 N–H and O–H groups in total. The summed E-state index contributed by atoms with van der Waals surface area (Å²) in [6.45, 7) is 2.61. The summed E-state index contributed by atoms with van der Waals surface area (Å²) in [5, 5.41) is 8.17. The molecule has 0 aliphatic carbocycles. The summed E-state index contributed by atoms with van der Waals surface area (Å²) in [4.78, 5) is 9.58. The van der Waals surface area contributed by atoms with Crippen molar-refractivity contribution in [2.45, 2.75) is 19.9 Å². The lowest BCUT2D eigenvalue weighted by molar-refractivity contribution is 0.867. The monoisotopic (exact) mass is 289 g/mol. The molecule has 0 saturated heterocycles. The standard InChI is InChI=1S/C17H15N5/c1-2-13-8-9-14-17(20-13)16(12-6-4-3-5-7-12)18-10-15-21-19-11-22(14)15/h3-9,11H,2,10H2,1H3. The highest BCUT2D eigenvalue weighted by molar-refractivity contribution is 6.13. The molecule has 0 radical (unpaired) electrons. The average molecular weight is 289 g/mol. The number of benzene rings is 1. The van der Waals surface area contributed by atoms with Gasteiger partial charge < -0.3 is 0 Å². The van der Waals surface area contributed by atoms with Crippen molar-refractivity contribution >= 4 is 5.71 Å². The number of hydrogen-bond acceptors (Lipinski definition) is 4. The van der Waals surface area contributed by atoms with E-state index in [1.54, 1.807) is 6.33 Å². The molecule has 5 heteroatoms. The molecule has 0 fully saturated rings. The van der Waals surface area contributed by atoms with Gasteiger partial charge >= 0.3 is 0 Å². The Morgan fingerprint density at radius 3 is 2.77 bits per heavy atom. The molecule has 0 amide bonds. The van der Waals surface area contributed by atoms with E-state index in [0.29, 0.717) is 6.54 Å². The summed E-state index contributed by atoms with van der Waals surface area (Å²) in [7, 11) is 0.